The molecule has 0 fully saturated rings. The van der Waals surface area contributed by atoms with E-state index in [9.17, 15) is 0 Å². The van der Waals surface area contributed by atoms with Crippen LogP contribution in [0.2, 0.25) is 0 Å². The number of hydrogen-bond acceptors (Lipinski definition) is 3. The first-order valence-electron chi connectivity index (χ1n) is 5.31. The van der Waals surface area contributed by atoms with Gasteiger partial charge in [-0.15, -0.1) is 11.6 Å². The van der Waals surface area contributed by atoms with E-state index in [-0.39, 0.29) is 0 Å². The Balaban J connectivity index is 2.19. The second-order valence-electron chi connectivity index (χ2n) is 3.75. The van der Waals surface area contributed by atoms with Gasteiger partial charge in [-0.25, -0.2) is 9.97 Å². The topological polar surface area (TPSA) is 54.5 Å². The molecule has 0 spiro atoms. The van der Waals surface area contributed by atoms with Gasteiger partial charge in [-0.1, -0.05) is 18.2 Å². The fourth-order valence-corrected chi connectivity index (χ4v) is 2.34. The van der Waals surface area contributed by atoms with Crippen molar-refractivity contribution in [2.24, 2.45) is 0 Å². The monoisotopic (exact) mass is 322 g/mol. The van der Waals surface area contributed by atoms with Gasteiger partial charge in [-0.3, -0.25) is 5.10 Å². The SMILES string of the molecule is ClCc1nc(-c2nc3ccccc3cc2Br)n[nH]1. The maximum absolute atomic E-state index is 5.70. The minimum atomic E-state index is 0.304. The molecular weight excluding hydrogens is 316 g/mol. The summed E-state index contributed by atoms with van der Waals surface area (Å²) in [5.74, 6) is 1.48. The summed E-state index contributed by atoms with van der Waals surface area (Å²) in [5, 5.41) is 7.96. The van der Waals surface area contributed by atoms with E-state index in [0.717, 1.165) is 15.4 Å². The Morgan fingerprint density at radius 2 is 2.06 bits per heavy atom. The Kier molecular flexibility index (Phi) is 3.01. The number of aromatic nitrogens is 4. The summed E-state index contributed by atoms with van der Waals surface area (Å²) >= 11 is 9.19. The quantitative estimate of drug-likeness (QED) is 0.734. The van der Waals surface area contributed by atoms with Gasteiger partial charge in [0.05, 0.1) is 11.4 Å². The molecule has 0 atom stereocenters. The van der Waals surface area contributed by atoms with Crippen molar-refractivity contribution >= 4 is 38.4 Å². The highest BCUT2D eigenvalue weighted by molar-refractivity contribution is 9.10. The van der Waals surface area contributed by atoms with Crippen molar-refractivity contribution in [1.29, 1.82) is 0 Å². The van der Waals surface area contributed by atoms with Crippen LogP contribution in [-0.4, -0.2) is 20.2 Å². The molecule has 0 aliphatic heterocycles. The predicted octanol–water partition coefficient (Wildman–Crippen LogP) is 3.52. The van der Waals surface area contributed by atoms with E-state index in [4.69, 9.17) is 11.6 Å². The molecule has 18 heavy (non-hydrogen) atoms. The zero-order valence-electron chi connectivity index (χ0n) is 9.19. The molecule has 6 heteroatoms. The first-order valence-corrected chi connectivity index (χ1v) is 6.63. The average molecular weight is 324 g/mol. The molecule has 0 aliphatic rings. The maximum atomic E-state index is 5.70. The summed E-state index contributed by atoms with van der Waals surface area (Å²) in [5.41, 5.74) is 1.62. The summed E-state index contributed by atoms with van der Waals surface area (Å²) in [4.78, 5) is 8.83. The third-order valence-electron chi connectivity index (χ3n) is 2.55. The van der Waals surface area contributed by atoms with Crippen molar-refractivity contribution in [3.63, 3.8) is 0 Å². The fraction of sp³-hybridized carbons (Fsp3) is 0.0833. The van der Waals surface area contributed by atoms with Gasteiger partial charge in [0.25, 0.3) is 0 Å². The number of para-hydroxylation sites is 1. The van der Waals surface area contributed by atoms with Crippen LogP contribution in [0.1, 0.15) is 5.82 Å². The van der Waals surface area contributed by atoms with Crippen LogP contribution in [0.5, 0.6) is 0 Å². The number of pyridine rings is 1. The van der Waals surface area contributed by atoms with Crippen molar-refractivity contribution in [2.75, 3.05) is 0 Å². The van der Waals surface area contributed by atoms with Gasteiger partial charge in [0.1, 0.15) is 11.5 Å². The minimum Gasteiger partial charge on any atom is -0.262 e. The Labute approximate surface area is 117 Å². The Morgan fingerprint density at radius 3 is 2.83 bits per heavy atom. The summed E-state index contributed by atoms with van der Waals surface area (Å²) in [7, 11) is 0. The van der Waals surface area contributed by atoms with E-state index >= 15 is 0 Å². The number of fused-ring (bicyclic) bond motifs is 1. The number of aromatic amines is 1. The number of nitrogens with zero attached hydrogens (tertiary/aromatic N) is 3. The van der Waals surface area contributed by atoms with E-state index < -0.39 is 0 Å². The van der Waals surface area contributed by atoms with Crippen LogP contribution < -0.4 is 0 Å². The molecule has 90 valence electrons. The zero-order valence-corrected chi connectivity index (χ0v) is 11.5. The van der Waals surface area contributed by atoms with Gasteiger partial charge in [0, 0.05) is 9.86 Å². The summed E-state index contributed by atoms with van der Waals surface area (Å²) in [6, 6.07) is 9.91. The third-order valence-corrected chi connectivity index (χ3v) is 3.41. The first kappa shape index (κ1) is 11.6. The summed E-state index contributed by atoms with van der Waals surface area (Å²) in [6.45, 7) is 0. The van der Waals surface area contributed by atoms with E-state index in [1.54, 1.807) is 0 Å². The standard InChI is InChI=1S/C12H8BrClN4/c13-8-5-7-3-1-2-4-9(7)15-11(8)12-16-10(6-14)17-18-12/h1-5H,6H2,(H,16,17,18). The van der Waals surface area contributed by atoms with Crippen LogP contribution in [0.25, 0.3) is 22.4 Å². The first-order chi connectivity index (χ1) is 8.78. The molecule has 1 aromatic carbocycles. The van der Waals surface area contributed by atoms with Crippen molar-refractivity contribution in [3.8, 4) is 11.5 Å². The molecular formula is C12H8BrClN4. The van der Waals surface area contributed by atoms with Gasteiger partial charge in [-0.05, 0) is 28.1 Å². The molecule has 3 aromatic rings. The minimum absolute atomic E-state index is 0.304. The van der Waals surface area contributed by atoms with Crippen molar-refractivity contribution in [3.05, 3.63) is 40.6 Å². The normalized spacial score (nSPS) is 11.0. The Bertz CT molecular complexity index is 710. The highest BCUT2D eigenvalue weighted by Gasteiger charge is 2.12. The molecule has 0 amide bonds. The van der Waals surface area contributed by atoms with Gasteiger partial charge in [0.15, 0.2) is 0 Å². The lowest BCUT2D eigenvalue weighted by Gasteiger charge is -2.02. The zero-order chi connectivity index (χ0) is 12.5. The molecule has 0 bridgehead atoms. The van der Waals surface area contributed by atoms with E-state index in [1.165, 1.54) is 0 Å². The summed E-state index contributed by atoms with van der Waals surface area (Å²) in [6.07, 6.45) is 0. The maximum Gasteiger partial charge on any atom is 0.201 e. The molecule has 0 saturated carbocycles. The second kappa shape index (κ2) is 4.66. The molecule has 4 nitrogen and oxygen atoms in total. The van der Waals surface area contributed by atoms with Crippen LogP contribution in [0.3, 0.4) is 0 Å². The molecule has 0 radical (unpaired) electrons. The molecule has 2 aromatic heterocycles. The molecule has 0 unspecified atom stereocenters. The van der Waals surface area contributed by atoms with Gasteiger partial charge < -0.3 is 0 Å². The van der Waals surface area contributed by atoms with E-state index in [1.807, 2.05) is 30.3 Å². The van der Waals surface area contributed by atoms with Crippen LogP contribution in [0, 0.1) is 0 Å². The summed E-state index contributed by atoms with van der Waals surface area (Å²) < 4.78 is 0.862. The van der Waals surface area contributed by atoms with Crippen LogP contribution >= 0.6 is 27.5 Å². The molecule has 2 heterocycles. The number of benzene rings is 1. The van der Waals surface area contributed by atoms with Crippen molar-refractivity contribution < 1.29 is 0 Å². The largest absolute Gasteiger partial charge is 0.262 e. The molecule has 1 N–H and O–H groups in total. The number of H-pyrrole nitrogens is 1. The number of hydrogen-bond donors (Lipinski definition) is 1. The van der Waals surface area contributed by atoms with Gasteiger partial charge in [0.2, 0.25) is 5.82 Å². The van der Waals surface area contributed by atoms with E-state index in [0.29, 0.717) is 23.2 Å². The van der Waals surface area contributed by atoms with Crippen LogP contribution in [-0.2, 0) is 5.88 Å². The number of rotatable bonds is 2. The highest BCUT2D eigenvalue weighted by atomic mass is 79.9. The molecule has 0 aliphatic carbocycles. The second-order valence-corrected chi connectivity index (χ2v) is 4.87. The smallest absolute Gasteiger partial charge is 0.201 e. The van der Waals surface area contributed by atoms with Gasteiger partial charge in [-0.2, -0.15) is 5.10 Å². The third kappa shape index (κ3) is 2.00. The lowest BCUT2D eigenvalue weighted by atomic mass is 10.2. The van der Waals surface area contributed by atoms with Crippen LogP contribution in [0.4, 0.5) is 0 Å². The van der Waals surface area contributed by atoms with Crippen LogP contribution in [0.15, 0.2) is 34.8 Å². The molecule has 0 saturated heterocycles. The Morgan fingerprint density at radius 1 is 1.22 bits per heavy atom. The lowest BCUT2D eigenvalue weighted by Crippen LogP contribution is -1.89. The highest BCUT2D eigenvalue weighted by Crippen LogP contribution is 2.27. The number of alkyl halides is 1. The van der Waals surface area contributed by atoms with Crippen molar-refractivity contribution in [1.82, 2.24) is 20.2 Å². The fourth-order valence-electron chi connectivity index (χ4n) is 1.71. The number of halogens is 2. The molecule has 3 rings (SSSR count). The average Bonchev–Trinajstić information content (AvgIpc) is 2.86. The van der Waals surface area contributed by atoms with E-state index in [2.05, 4.69) is 36.1 Å². The Hall–Kier alpha value is -1.46. The predicted molar refractivity (Wildman–Crippen MR) is 74.4 cm³/mol. The van der Waals surface area contributed by atoms with Crippen molar-refractivity contribution in [2.45, 2.75) is 5.88 Å². The van der Waals surface area contributed by atoms with Gasteiger partial charge >= 0.3 is 0 Å². The lowest BCUT2D eigenvalue weighted by molar-refractivity contribution is 1.02. The number of nitrogens with one attached hydrogen (secondary N) is 1.